The Morgan fingerprint density at radius 3 is 2.94 bits per heavy atom. The second kappa shape index (κ2) is 5.49. The van der Waals surface area contributed by atoms with Crippen LogP contribution in [-0.2, 0) is 13.6 Å². The normalized spacial score (nSPS) is 10.4. The van der Waals surface area contributed by atoms with Crippen LogP contribution in [0.2, 0.25) is 5.02 Å². The molecule has 1 N–H and O–H groups in total. The summed E-state index contributed by atoms with van der Waals surface area (Å²) in [5, 5.41) is 7.29. The van der Waals surface area contributed by atoms with E-state index in [1.807, 2.05) is 0 Å². The molecule has 2 aromatic rings. The maximum absolute atomic E-state index is 11.8. The third-order valence-electron chi connectivity index (χ3n) is 2.24. The first-order chi connectivity index (χ1) is 8.56. The second-order valence-electron chi connectivity index (χ2n) is 3.65. The van der Waals surface area contributed by atoms with Gasteiger partial charge >= 0.3 is 0 Å². The molecule has 2 rings (SSSR count). The van der Waals surface area contributed by atoms with E-state index in [4.69, 9.17) is 11.6 Å². The molecule has 0 radical (unpaired) electrons. The number of hydrogen-bond acceptors (Lipinski definition) is 3. The number of carbonyl (C=O) groups excluding carboxylic acids is 1. The third kappa shape index (κ3) is 3.08. The van der Waals surface area contributed by atoms with Gasteiger partial charge in [0.25, 0.3) is 5.91 Å². The molecule has 1 heterocycles. The van der Waals surface area contributed by atoms with Gasteiger partial charge in [-0.05, 0) is 34.1 Å². The van der Waals surface area contributed by atoms with E-state index >= 15 is 0 Å². The molecule has 0 bridgehead atoms. The summed E-state index contributed by atoms with van der Waals surface area (Å²) in [6.45, 7) is 0.285. The van der Waals surface area contributed by atoms with E-state index in [9.17, 15) is 4.79 Å². The summed E-state index contributed by atoms with van der Waals surface area (Å²) in [6.07, 6.45) is 1.58. The Labute approximate surface area is 117 Å². The average molecular weight is 330 g/mol. The number of aryl methyl sites for hydroxylation is 1. The van der Waals surface area contributed by atoms with Crippen molar-refractivity contribution in [2.75, 3.05) is 0 Å². The smallest absolute Gasteiger partial charge is 0.251 e. The summed E-state index contributed by atoms with van der Waals surface area (Å²) in [7, 11) is 1.77. The van der Waals surface area contributed by atoms with Gasteiger partial charge in [-0.15, -0.1) is 0 Å². The van der Waals surface area contributed by atoms with E-state index < -0.39 is 0 Å². The SMILES string of the molecule is Cn1cnc(CNC(=O)c2ccc(Br)c(Cl)c2)n1. The van der Waals surface area contributed by atoms with E-state index in [1.165, 1.54) is 0 Å². The molecule has 1 aromatic carbocycles. The first-order valence-electron chi connectivity index (χ1n) is 5.14. The Kier molecular flexibility index (Phi) is 3.98. The van der Waals surface area contributed by atoms with Crippen LogP contribution in [0.1, 0.15) is 16.2 Å². The molecule has 0 aliphatic rings. The number of nitrogens with one attached hydrogen (secondary N) is 1. The van der Waals surface area contributed by atoms with Crippen LogP contribution in [0.15, 0.2) is 29.0 Å². The van der Waals surface area contributed by atoms with E-state index in [0.29, 0.717) is 16.4 Å². The Balaban J connectivity index is 2.01. The number of rotatable bonds is 3. The molecule has 1 amide bonds. The summed E-state index contributed by atoms with van der Waals surface area (Å²) in [5.74, 6) is 0.353. The van der Waals surface area contributed by atoms with Crippen molar-refractivity contribution in [2.24, 2.45) is 7.05 Å². The first-order valence-corrected chi connectivity index (χ1v) is 6.31. The average Bonchev–Trinajstić information content (AvgIpc) is 2.75. The number of benzene rings is 1. The zero-order chi connectivity index (χ0) is 13.1. The molecule has 18 heavy (non-hydrogen) atoms. The minimum Gasteiger partial charge on any atom is -0.345 e. The number of aromatic nitrogens is 3. The van der Waals surface area contributed by atoms with Crippen LogP contribution >= 0.6 is 27.5 Å². The highest BCUT2D eigenvalue weighted by Crippen LogP contribution is 2.23. The summed E-state index contributed by atoms with van der Waals surface area (Å²) in [4.78, 5) is 15.9. The van der Waals surface area contributed by atoms with Gasteiger partial charge in [0.2, 0.25) is 0 Å². The quantitative estimate of drug-likeness (QED) is 0.939. The molecule has 0 aliphatic heterocycles. The van der Waals surface area contributed by atoms with Crippen molar-refractivity contribution < 1.29 is 4.79 Å². The minimum absolute atomic E-state index is 0.211. The zero-order valence-corrected chi connectivity index (χ0v) is 11.9. The Hall–Kier alpha value is -1.40. The highest BCUT2D eigenvalue weighted by Gasteiger charge is 2.08. The van der Waals surface area contributed by atoms with Gasteiger partial charge in [0, 0.05) is 17.1 Å². The number of amides is 1. The van der Waals surface area contributed by atoms with E-state index in [1.54, 1.807) is 36.3 Å². The van der Waals surface area contributed by atoms with Crippen molar-refractivity contribution in [3.8, 4) is 0 Å². The summed E-state index contributed by atoms with van der Waals surface area (Å²) >= 11 is 9.19. The summed E-state index contributed by atoms with van der Waals surface area (Å²) in [5.41, 5.74) is 0.499. The molecule has 0 atom stereocenters. The number of nitrogens with zero attached hydrogens (tertiary/aromatic N) is 3. The molecule has 1 aromatic heterocycles. The Morgan fingerprint density at radius 2 is 2.33 bits per heavy atom. The standard InChI is InChI=1S/C11H10BrClN4O/c1-17-6-15-10(16-17)5-14-11(18)7-2-3-8(12)9(13)4-7/h2-4,6H,5H2,1H3,(H,14,18). The van der Waals surface area contributed by atoms with Crippen LogP contribution in [0, 0.1) is 0 Å². The number of halogens is 2. The lowest BCUT2D eigenvalue weighted by atomic mass is 10.2. The van der Waals surface area contributed by atoms with E-state index in [-0.39, 0.29) is 12.5 Å². The summed E-state index contributed by atoms with van der Waals surface area (Å²) in [6, 6.07) is 5.03. The highest BCUT2D eigenvalue weighted by molar-refractivity contribution is 9.10. The van der Waals surface area contributed by atoms with Crippen LogP contribution in [0.3, 0.4) is 0 Å². The molecule has 7 heteroatoms. The first kappa shape index (κ1) is 13.0. The highest BCUT2D eigenvalue weighted by atomic mass is 79.9. The van der Waals surface area contributed by atoms with Gasteiger partial charge in [-0.25, -0.2) is 4.98 Å². The van der Waals surface area contributed by atoms with Crippen molar-refractivity contribution in [1.29, 1.82) is 0 Å². The summed E-state index contributed by atoms with van der Waals surface area (Å²) < 4.78 is 2.34. The molecule has 0 spiro atoms. The molecular formula is C11H10BrClN4O. The van der Waals surface area contributed by atoms with Crippen molar-refractivity contribution >= 4 is 33.4 Å². The molecule has 0 aliphatic carbocycles. The fourth-order valence-corrected chi connectivity index (χ4v) is 1.79. The van der Waals surface area contributed by atoms with Crippen LogP contribution in [0.25, 0.3) is 0 Å². The number of carbonyl (C=O) groups is 1. The fourth-order valence-electron chi connectivity index (χ4n) is 1.36. The van der Waals surface area contributed by atoms with E-state index in [0.717, 1.165) is 4.47 Å². The zero-order valence-electron chi connectivity index (χ0n) is 9.52. The third-order valence-corrected chi connectivity index (χ3v) is 3.47. The predicted molar refractivity (Wildman–Crippen MR) is 71.3 cm³/mol. The molecule has 0 saturated heterocycles. The van der Waals surface area contributed by atoms with Crippen LogP contribution in [0.5, 0.6) is 0 Å². The largest absolute Gasteiger partial charge is 0.345 e. The Morgan fingerprint density at radius 1 is 1.56 bits per heavy atom. The van der Waals surface area contributed by atoms with Crippen molar-refractivity contribution in [2.45, 2.75) is 6.54 Å². The van der Waals surface area contributed by atoms with Gasteiger partial charge in [-0.1, -0.05) is 11.6 Å². The lowest BCUT2D eigenvalue weighted by molar-refractivity contribution is 0.0950. The maximum atomic E-state index is 11.8. The van der Waals surface area contributed by atoms with Crippen LogP contribution in [-0.4, -0.2) is 20.7 Å². The van der Waals surface area contributed by atoms with Gasteiger partial charge in [0.1, 0.15) is 6.33 Å². The lowest BCUT2D eigenvalue weighted by Crippen LogP contribution is -2.23. The van der Waals surface area contributed by atoms with Gasteiger partial charge in [-0.3, -0.25) is 9.48 Å². The molecule has 0 saturated carbocycles. The molecular weight excluding hydrogens is 320 g/mol. The van der Waals surface area contributed by atoms with Gasteiger partial charge in [0.05, 0.1) is 11.6 Å². The van der Waals surface area contributed by atoms with Crippen molar-refractivity contribution in [3.63, 3.8) is 0 Å². The van der Waals surface area contributed by atoms with Crippen molar-refractivity contribution in [1.82, 2.24) is 20.1 Å². The maximum Gasteiger partial charge on any atom is 0.251 e. The van der Waals surface area contributed by atoms with Crippen molar-refractivity contribution in [3.05, 3.63) is 45.4 Å². The molecule has 0 fully saturated rings. The van der Waals surface area contributed by atoms with E-state index in [2.05, 4.69) is 31.3 Å². The molecule has 94 valence electrons. The molecule has 5 nitrogen and oxygen atoms in total. The topological polar surface area (TPSA) is 59.8 Å². The lowest BCUT2D eigenvalue weighted by Gasteiger charge is -2.04. The second-order valence-corrected chi connectivity index (χ2v) is 4.91. The monoisotopic (exact) mass is 328 g/mol. The Bertz CT molecular complexity index is 584. The van der Waals surface area contributed by atoms with Gasteiger partial charge in [0.15, 0.2) is 5.82 Å². The van der Waals surface area contributed by atoms with Gasteiger partial charge < -0.3 is 5.32 Å². The minimum atomic E-state index is -0.211. The fraction of sp³-hybridized carbons (Fsp3) is 0.182. The van der Waals surface area contributed by atoms with Crippen LogP contribution < -0.4 is 5.32 Å². The molecule has 0 unspecified atom stereocenters. The van der Waals surface area contributed by atoms with Gasteiger partial charge in [-0.2, -0.15) is 5.10 Å². The number of hydrogen-bond donors (Lipinski definition) is 1. The predicted octanol–water partition coefficient (Wildman–Crippen LogP) is 2.16. The van der Waals surface area contributed by atoms with Crippen LogP contribution in [0.4, 0.5) is 0 Å².